The smallest absolute Gasteiger partial charge is 0.191 e. The van der Waals surface area contributed by atoms with Gasteiger partial charge in [0.2, 0.25) is 0 Å². The summed E-state index contributed by atoms with van der Waals surface area (Å²) in [7, 11) is 3.74. The number of nitrogens with one attached hydrogen (secondary N) is 2. The Labute approximate surface area is 170 Å². The molecule has 0 aromatic carbocycles. The van der Waals surface area contributed by atoms with Gasteiger partial charge in [-0.25, -0.2) is 0 Å². The highest BCUT2D eigenvalue weighted by Crippen LogP contribution is 2.21. The van der Waals surface area contributed by atoms with Gasteiger partial charge in [-0.3, -0.25) is 9.67 Å². The van der Waals surface area contributed by atoms with Gasteiger partial charge in [0.15, 0.2) is 5.96 Å². The maximum absolute atomic E-state index is 5.58. The van der Waals surface area contributed by atoms with Gasteiger partial charge in [-0.1, -0.05) is 20.8 Å². The van der Waals surface area contributed by atoms with Gasteiger partial charge in [-0.15, -0.1) is 24.0 Å². The van der Waals surface area contributed by atoms with E-state index in [2.05, 4.69) is 62.3 Å². The molecule has 2 N–H and O–H groups in total. The standard InChI is InChI=1S/C18H35N5O.HI/c1-9-19-17(21-12-16(24-8)18(4,5)6)20-11-10-15-13(2)22-23(7)14(15)3;/h16H,9-12H2,1-8H3,(H2,19,20,21);1H. The van der Waals surface area contributed by atoms with E-state index in [0.29, 0.717) is 6.54 Å². The predicted octanol–water partition coefficient (Wildman–Crippen LogP) is 2.81. The van der Waals surface area contributed by atoms with Crippen molar-refractivity contribution in [1.82, 2.24) is 20.4 Å². The second-order valence-electron chi connectivity index (χ2n) is 7.26. The van der Waals surface area contributed by atoms with Crippen molar-refractivity contribution >= 4 is 29.9 Å². The number of hydrogen-bond acceptors (Lipinski definition) is 3. The number of halogens is 1. The van der Waals surface area contributed by atoms with Crippen LogP contribution < -0.4 is 10.6 Å². The lowest BCUT2D eigenvalue weighted by molar-refractivity contribution is 0.0241. The van der Waals surface area contributed by atoms with Crippen molar-refractivity contribution < 1.29 is 4.74 Å². The molecule has 0 aliphatic heterocycles. The van der Waals surface area contributed by atoms with E-state index in [1.54, 1.807) is 7.11 Å². The largest absolute Gasteiger partial charge is 0.379 e. The Balaban J connectivity index is 0.00000576. The molecule has 0 radical (unpaired) electrons. The molecule has 0 fully saturated rings. The summed E-state index contributed by atoms with van der Waals surface area (Å²) in [6.45, 7) is 15.1. The normalized spacial score (nSPS) is 13.4. The fourth-order valence-electron chi connectivity index (χ4n) is 2.70. The van der Waals surface area contributed by atoms with Gasteiger partial charge in [0.05, 0.1) is 18.3 Å². The third-order valence-electron chi connectivity index (χ3n) is 4.34. The first-order chi connectivity index (χ1) is 11.2. The number of guanidine groups is 1. The van der Waals surface area contributed by atoms with Gasteiger partial charge >= 0.3 is 0 Å². The molecule has 0 aliphatic carbocycles. The first-order valence-electron chi connectivity index (χ1n) is 8.74. The van der Waals surface area contributed by atoms with Crippen molar-refractivity contribution in [1.29, 1.82) is 0 Å². The molecular formula is C18H36IN5O. The van der Waals surface area contributed by atoms with Crippen LogP contribution in [0.4, 0.5) is 0 Å². The van der Waals surface area contributed by atoms with Crippen LogP contribution in [0, 0.1) is 19.3 Å². The average Bonchev–Trinajstić information content (AvgIpc) is 2.72. The lowest BCUT2D eigenvalue weighted by Crippen LogP contribution is -2.40. The maximum atomic E-state index is 5.58. The fourth-order valence-corrected chi connectivity index (χ4v) is 2.70. The van der Waals surface area contributed by atoms with Gasteiger partial charge in [0, 0.05) is 32.9 Å². The van der Waals surface area contributed by atoms with Gasteiger partial charge in [-0.05, 0) is 38.2 Å². The number of hydrogen-bond donors (Lipinski definition) is 2. The molecule has 7 heteroatoms. The molecule has 0 spiro atoms. The maximum Gasteiger partial charge on any atom is 0.191 e. The molecule has 0 saturated carbocycles. The van der Waals surface area contributed by atoms with Crippen LogP contribution in [-0.4, -0.2) is 48.6 Å². The molecular weight excluding hydrogens is 429 g/mol. The van der Waals surface area contributed by atoms with Gasteiger partial charge in [0.1, 0.15) is 0 Å². The summed E-state index contributed by atoms with van der Waals surface area (Å²) in [5.41, 5.74) is 3.71. The van der Waals surface area contributed by atoms with Crippen LogP contribution in [0.1, 0.15) is 44.6 Å². The number of rotatable bonds is 7. The lowest BCUT2D eigenvalue weighted by Gasteiger charge is -2.28. The summed E-state index contributed by atoms with van der Waals surface area (Å²) >= 11 is 0. The van der Waals surface area contributed by atoms with E-state index in [4.69, 9.17) is 4.74 Å². The van der Waals surface area contributed by atoms with Crippen LogP contribution in [0.2, 0.25) is 0 Å². The summed E-state index contributed by atoms with van der Waals surface area (Å²) in [6.07, 6.45) is 1.03. The summed E-state index contributed by atoms with van der Waals surface area (Å²) in [6, 6.07) is 0. The molecule has 0 amide bonds. The Morgan fingerprint density at radius 2 is 1.92 bits per heavy atom. The monoisotopic (exact) mass is 465 g/mol. The van der Waals surface area contributed by atoms with Crippen molar-refractivity contribution in [3.63, 3.8) is 0 Å². The van der Waals surface area contributed by atoms with Crippen molar-refractivity contribution in [3.8, 4) is 0 Å². The molecule has 0 bridgehead atoms. The Hall–Kier alpha value is -0.830. The summed E-state index contributed by atoms with van der Waals surface area (Å²) in [5, 5.41) is 11.2. The number of aromatic nitrogens is 2. The molecule has 25 heavy (non-hydrogen) atoms. The van der Waals surface area contributed by atoms with Gasteiger partial charge in [-0.2, -0.15) is 5.10 Å². The highest BCUT2D eigenvalue weighted by Gasteiger charge is 2.24. The van der Waals surface area contributed by atoms with E-state index in [-0.39, 0.29) is 35.5 Å². The molecule has 0 saturated heterocycles. The van der Waals surface area contributed by atoms with Crippen LogP contribution in [0.15, 0.2) is 4.99 Å². The average molecular weight is 465 g/mol. The zero-order valence-corrected chi connectivity index (χ0v) is 19.4. The molecule has 1 aromatic rings. The Morgan fingerprint density at radius 3 is 2.36 bits per heavy atom. The minimum atomic E-state index is 0. The second-order valence-corrected chi connectivity index (χ2v) is 7.26. The molecule has 0 aliphatic rings. The van der Waals surface area contributed by atoms with Gasteiger partial charge in [0.25, 0.3) is 0 Å². The third-order valence-corrected chi connectivity index (χ3v) is 4.34. The van der Waals surface area contributed by atoms with E-state index >= 15 is 0 Å². The zero-order valence-electron chi connectivity index (χ0n) is 17.1. The first kappa shape index (κ1) is 24.2. The number of methoxy groups -OCH3 is 1. The van der Waals surface area contributed by atoms with Crippen LogP contribution in [-0.2, 0) is 18.2 Å². The number of ether oxygens (including phenoxy) is 1. The van der Waals surface area contributed by atoms with E-state index < -0.39 is 0 Å². The molecule has 1 unspecified atom stereocenters. The minimum Gasteiger partial charge on any atom is -0.379 e. The molecule has 1 rings (SSSR count). The third kappa shape index (κ3) is 7.52. The van der Waals surface area contributed by atoms with Gasteiger partial charge < -0.3 is 15.4 Å². The molecule has 1 atom stereocenters. The van der Waals surface area contributed by atoms with Crippen molar-refractivity contribution in [2.24, 2.45) is 17.5 Å². The number of aliphatic imine (C=N–C) groups is 1. The molecule has 1 heterocycles. The second kappa shape index (κ2) is 11.0. The van der Waals surface area contributed by atoms with E-state index in [0.717, 1.165) is 31.2 Å². The molecule has 6 nitrogen and oxygen atoms in total. The van der Waals surface area contributed by atoms with Crippen LogP contribution in [0.3, 0.4) is 0 Å². The van der Waals surface area contributed by atoms with Crippen LogP contribution in [0.5, 0.6) is 0 Å². The molecule has 1 aromatic heterocycles. The highest BCUT2D eigenvalue weighted by molar-refractivity contribution is 14.0. The summed E-state index contributed by atoms with van der Waals surface area (Å²) < 4.78 is 7.52. The summed E-state index contributed by atoms with van der Waals surface area (Å²) in [4.78, 5) is 4.68. The van der Waals surface area contributed by atoms with E-state index in [1.807, 2.05) is 11.7 Å². The quantitative estimate of drug-likeness (QED) is 0.370. The van der Waals surface area contributed by atoms with E-state index in [1.165, 1.54) is 11.3 Å². The number of nitrogens with zero attached hydrogens (tertiary/aromatic N) is 3. The van der Waals surface area contributed by atoms with Crippen molar-refractivity contribution in [2.75, 3.05) is 26.7 Å². The Morgan fingerprint density at radius 1 is 1.28 bits per heavy atom. The van der Waals surface area contributed by atoms with Crippen molar-refractivity contribution in [2.45, 2.75) is 54.1 Å². The first-order valence-corrected chi connectivity index (χ1v) is 8.74. The predicted molar refractivity (Wildman–Crippen MR) is 116 cm³/mol. The Kier molecular flexibility index (Phi) is 10.6. The zero-order chi connectivity index (χ0) is 18.3. The van der Waals surface area contributed by atoms with Crippen LogP contribution >= 0.6 is 24.0 Å². The SMILES string of the molecule is CCNC(=NCC(OC)C(C)(C)C)NCCc1c(C)nn(C)c1C.I. The molecule has 146 valence electrons. The Bertz CT molecular complexity index is 548. The highest BCUT2D eigenvalue weighted by atomic mass is 127. The lowest BCUT2D eigenvalue weighted by atomic mass is 9.89. The number of aryl methyl sites for hydroxylation is 2. The van der Waals surface area contributed by atoms with Crippen molar-refractivity contribution in [3.05, 3.63) is 17.0 Å². The van der Waals surface area contributed by atoms with Crippen LogP contribution in [0.25, 0.3) is 0 Å². The van der Waals surface area contributed by atoms with E-state index in [9.17, 15) is 0 Å². The topological polar surface area (TPSA) is 63.5 Å². The minimum absolute atomic E-state index is 0. The fraction of sp³-hybridized carbons (Fsp3) is 0.778. The summed E-state index contributed by atoms with van der Waals surface area (Å²) in [5.74, 6) is 0.836.